The van der Waals surface area contributed by atoms with E-state index in [0.717, 1.165) is 25.9 Å². The molecule has 0 aliphatic carbocycles. The lowest BCUT2D eigenvalue weighted by atomic mass is 10.0. The monoisotopic (exact) mass is 347 g/mol. The maximum absolute atomic E-state index is 3.60. The second-order valence-electron chi connectivity index (χ2n) is 7.45. The van der Waals surface area contributed by atoms with Crippen molar-refractivity contribution in [3.63, 3.8) is 0 Å². The van der Waals surface area contributed by atoms with Crippen molar-refractivity contribution in [3.05, 3.63) is 71.8 Å². The Labute approximate surface area is 160 Å². The average Bonchev–Trinajstić information content (AvgIpc) is 2.65. The van der Waals surface area contributed by atoms with Crippen molar-refractivity contribution in [1.82, 2.24) is 4.90 Å². The minimum atomic E-state index is 0.298. The Balaban J connectivity index is 2.22. The molecule has 0 saturated heterocycles. The highest BCUT2D eigenvalue weighted by Gasteiger charge is 2.18. The summed E-state index contributed by atoms with van der Waals surface area (Å²) in [7, 11) is 0. The van der Waals surface area contributed by atoms with Gasteiger partial charge in [0.15, 0.2) is 0 Å². The van der Waals surface area contributed by atoms with Gasteiger partial charge in [-0.2, -0.15) is 0 Å². The van der Waals surface area contributed by atoms with Gasteiger partial charge in [0.25, 0.3) is 0 Å². The first-order valence-electron chi connectivity index (χ1n) is 9.99. The summed E-state index contributed by atoms with van der Waals surface area (Å²) in [6.45, 7) is 8.70. The molecule has 0 aromatic heterocycles. The summed E-state index contributed by atoms with van der Waals surface area (Å²) in [6.07, 6.45) is 4.52. The van der Waals surface area contributed by atoms with Crippen molar-refractivity contribution in [2.45, 2.75) is 65.6 Å². The molecule has 0 radical (unpaired) electrons. The predicted molar refractivity (Wildman–Crippen MR) is 113 cm³/mol. The van der Waals surface area contributed by atoms with Crippen molar-refractivity contribution in [3.8, 4) is 11.8 Å². The van der Waals surface area contributed by atoms with Gasteiger partial charge in [-0.05, 0) is 29.9 Å². The topological polar surface area (TPSA) is 3.24 Å². The third kappa shape index (κ3) is 7.46. The summed E-state index contributed by atoms with van der Waals surface area (Å²) >= 11 is 0. The van der Waals surface area contributed by atoms with E-state index < -0.39 is 0 Å². The van der Waals surface area contributed by atoms with E-state index in [1.807, 2.05) is 0 Å². The Kier molecular flexibility index (Phi) is 9.01. The molecule has 0 fully saturated rings. The molecular weight excluding hydrogens is 314 g/mol. The highest BCUT2D eigenvalue weighted by atomic mass is 15.1. The second-order valence-corrected chi connectivity index (χ2v) is 7.45. The standard InChI is InChI=1S/C25H33N/c1-4-5-6-13-18-25(19-22(2)3)26(20-23-14-9-7-10-15-23)21-24-16-11-8-12-17-24/h7-12,14-17,22,25H,4-6,19-21H2,1-3H3/t25-/m0/s1. The van der Waals surface area contributed by atoms with E-state index in [2.05, 4.69) is 98.2 Å². The zero-order valence-corrected chi connectivity index (χ0v) is 16.6. The Morgan fingerprint density at radius 1 is 0.846 bits per heavy atom. The third-order valence-electron chi connectivity index (χ3n) is 4.52. The number of hydrogen-bond acceptors (Lipinski definition) is 1. The molecule has 1 nitrogen and oxygen atoms in total. The van der Waals surface area contributed by atoms with Crippen LogP contribution in [-0.2, 0) is 13.1 Å². The molecule has 1 atom stereocenters. The number of rotatable bonds is 9. The molecule has 138 valence electrons. The van der Waals surface area contributed by atoms with Gasteiger partial charge in [0, 0.05) is 19.5 Å². The number of unbranched alkanes of at least 4 members (excludes halogenated alkanes) is 2. The first kappa shape index (κ1) is 20.3. The van der Waals surface area contributed by atoms with Gasteiger partial charge in [0.05, 0.1) is 6.04 Å². The van der Waals surface area contributed by atoms with Crippen LogP contribution in [-0.4, -0.2) is 10.9 Å². The summed E-state index contributed by atoms with van der Waals surface area (Å²) in [5.41, 5.74) is 2.71. The average molecular weight is 348 g/mol. The van der Waals surface area contributed by atoms with E-state index in [1.54, 1.807) is 0 Å². The first-order chi connectivity index (χ1) is 12.7. The van der Waals surface area contributed by atoms with Gasteiger partial charge in [-0.15, -0.1) is 5.92 Å². The van der Waals surface area contributed by atoms with Crippen LogP contribution >= 0.6 is 0 Å². The summed E-state index contributed by atoms with van der Waals surface area (Å²) in [5, 5.41) is 0. The van der Waals surface area contributed by atoms with E-state index >= 15 is 0 Å². The number of benzene rings is 2. The molecule has 0 aliphatic rings. The molecule has 0 aliphatic heterocycles. The van der Waals surface area contributed by atoms with Crippen LogP contribution in [0.25, 0.3) is 0 Å². The SMILES string of the molecule is CCCCC#C[C@@H](CC(C)C)N(Cc1ccccc1)Cc1ccccc1. The van der Waals surface area contributed by atoms with E-state index in [-0.39, 0.29) is 0 Å². The van der Waals surface area contributed by atoms with Crippen molar-refractivity contribution in [1.29, 1.82) is 0 Å². The van der Waals surface area contributed by atoms with E-state index in [9.17, 15) is 0 Å². The first-order valence-corrected chi connectivity index (χ1v) is 9.99. The maximum atomic E-state index is 3.60. The molecule has 0 N–H and O–H groups in total. The van der Waals surface area contributed by atoms with Gasteiger partial charge >= 0.3 is 0 Å². The third-order valence-corrected chi connectivity index (χ3v) is 4.52. The van der Waals surface area contributed by atoms with Crippen molar-refractivity contribution in [2.24, 2.45) is 5.92 Å². The van der Waals surface area contributed by atoms with E-state index in [4.69, 9.17) is 0 Å². The minimum absolute atomic E-state index is 0.298. The van der Waals surface area contributed by atoms with Gasteiger partial charge < -0.3 is 0 Å². The summed E-state index contributed by atoms with van der Waals surface area (Å²) in [5.74, 6) is 7.69. The molecule has 2 rings (SSSR count). The molecule has 26 heavy (non-hydrogen) atoms. The largest absolute Gasteiger partial charge is 0.281 e. The highest BCUT2D eigenvalue weighted by molar-refractivity contribution is 5.19. The Bertz CT molecular complexity index is 622. The molecule has 0 heterocycles. The summed E-state index contributed by atoms with van der Waals surface area (Å²) in [4.78, 5) is 2.55. The van der Waals surface area contributed by atoms with Crippen molar-refractivity contribution < 1.29 is 0 Å². The Morgan fingerprint density at radius 2 is 1.38 bits per heavy atom. The minimum Gasteiger partial charge on any atom is -0.281 e. The maximum Gasteiger partial charge on any atom is 0.0722 e. The van der Waals surface area contributed by atoms with Crippen LogP contribution in [0.4, 0.5) is 0 Å². The molecule has 2 aromatic rings. The lowest BCUT2D eigenvalue weighted by molar-refractivity contribution is 0.196. The molecule has 0 spiro atoms. The predicted octanol–water partition coefficient (Wildman–Crippen LogP) is 6.30. The second kappa shape index (κ2) is 11.6. The van der Waals surface area contributed by atoms with Gasteiger partial charge in [-0.25, -0.2) is 0 Å². The van der Waals surface area contributed by atoms with E-state index in [0.29, 0.717) is 12.0 Å². The van der Waals surface area contributed by atoms with Gasteiger partial charge in [-0.1, -0.05) is 93.8 Å². The molecule has 1 heteroatoms. The lowest BCUT2D eigenvalue weighted by Gasteiger charge is -2.30. The van der Waals surface area contributed by atoms with Crippen LogP contribution < -0.4 is 0 Å². The Morgan fingerprint density at radius 3 is 1.85 bits per heavy atom. The fourth-order valence-electron chi connectivity index (χ4n) is 3.11. The van der Waals surface area contributed by atoms with Crippen LogP contribution in [0.15, 0.2) is 60.7 Å². The van der Waals surface area contributed by atoms with E-state index in [1.165, 1.54) is 24.0 Å². The fourth-order valence-corrected chi connectivity index (χ4v) is 3.11. The summed E-state index contributed by atoms with van der Waals surface area (Å²) in [6, 6.07) is 21.8. The highest BCUT2D eigenvalue weighted by Crippen LogP contribution is 2.18. The zero-order chi connectivity index (χ0) is 18.6. The molecule has 0 bridgehead atoms. The molecule has 2 aromatic carbocycles. The van der Waals surface area contributed by atoms with Crippen molar-refractivity contribution in [2.75, 3.05) is 0 Å². The smallest absolute Gasteiger partial charge is 0.0722 e. The lowest BCUT2D eigenvalue weighted by Crippen LogP contribution is -2.34. The molecule has 0 unspecified atom stereocenters. The quantitative estimate of drug-likeness (QED) is 0.380. The number of nitrogens with zero attached hydrogens (tertiary/aromatic N) is 1. The zero-order valence-electron chi connectivity index (χ0n) is 16.6. The van der Waals surface area contributed by atoms with Crippen LogP contribution in [0, 0.1) is 17.8 Å². The van der Waals surface area contributed by atoms with Gasteiger partial charge in [0.2, 0.25) is 0 Å². The van der Waals surface area contributed by atoms with Crippen LogP contribution in [0.5, 0.6) is 0 Å². The molecule has 0 saturated carbocycles. The summed E-state index contributed by atoms with van der Waals surface area (Å²) < 4.78 is 0. The van der Waals surface area contributed by atoms with Crippen LogP contribution in [0.2, 0.25) is 0 Å². The molecule has 0 amide bonds. The molecular formula is C25H33N. The van der Waals surface area contributed by atoms with Crippen molar-refractivity contribution >= 4 is 0 Å². The Hall–Kier alpha value is -2.04. The van der Waals surface area contributed by atoms with Crippen LogP contribution in [0.3, 0.4) is 0 Å². The fraction of sp³-hybridized carbons (Fsp3) is 0.440. The number of hydrogen-bond donors (Lipinski definition) is 0. The normalized spacial score (nSPS) is 12.0. The van der Waals surface area contributed by atoms with Gasteiger partial charge in [0.1, 0.15) is 0 Å². The van der Waals surface area contributed by atoms with Gasteiger partial charge in [-0.3, -0.25) is 4.90 Å². The van der Waals surface area contributed by atoms with Crippen LogP contribution in [0.1, 0.15) is 57.6 Å².